The monoisotopic (exact) mass is 326 g/mol. The summed E-state index contributed by atoms with van der Waals surface area (Å²) in [7, 11) is -3.65. The lowest BCUT2D eigenvalue weighted by Gasteiger charge is -2.09. The van der Waals surface area contributed by atoms with Gasteiger partial charge in [0, 0.05) is 5.56 Å². The van der Waals surface area contributed by atoms with Crippen LogP contribution in [0.25, 0.3) is 0 Å². The molecule has 0 spiro atoms. The maximum absolute atomic E-state index is 11.9. The number of hydrogen-bond donors (Lipinski definition) is 1. The van der Waals surface area contributed by atoms with Crippen molar-refractivity contribution in [1.82, 2.24) is 0 Å². The number of benzene rings is 2. The molecule has 0 atom stereocenters. The summed E-state index contributed by atoms with van der Waals surface area (Å²) < 4.78 is 27.6. The average Bonchev–Trinajstić information content (AvgIpc) is 2.67. The number of sulfonamides is 1. The standard InChI is InChI=1S/C13H8Cl2N2O2S/c14-9-5-3-6-10(12(9)15)16-13-8-4-1-2-7-11(8)20(18,19)17-13/h1-7H,(H,16,17). The summed E-state index contributed by atoms with van der Waals surface area (Å²) in [5.74, 6) is 0.241. The van der Waals surface area contributed by atoms with Crippen LogP contribution in [-0.2, 0) is 10.0 Å². The summed E-state index contributed by atoms with van der Waals surface area (Å²) in [6.07, 6.45) is 0. The molecule has 0 unspecified atom stereocenters. The van der Waals surface area contributed by atoms with Crippen molar-refractivity contribution in [3.63, 3.8) is 0 Å². The van der Waals surface area contributed by atoms with Gasteiger partial charge in [0.1, 0.15) is 4.90 Å². The highest BCUT2D eigenvalue weighted by Crippen LogP contribution is 2.32. The van der Waals surface area contributed by atoms with Crippen molar-refractivity contribution in [2.45, 2.75) is 4.90 Å². The first-order chi connectivity index (χ1) is 9.49. The third-order valence-corrected chi connectivity index (χ3v) is 4.99. The number of hydrogen-bond acceptors (Lipinski definition) is 3. The zero-order valence-corrected chi connectivity index (χ0v) is 12.3. The third kappa shape index (κ3) is 2.18. The Morgan fingerprint density at radius 2 is 1.75 bits per heavy atom. The molecule has 0 saturated carbocycles. The maximum atomic E-state index is 11.9. The lowest BCUT2D eigenvalue weighted by Crippen LogP contribution is -2.11. The largest absolute Gasteiger partial charge is 0.338 e. The molecule has 0 fully saturated rings. The van der Waals surface area contributed by atoms with E-state index < -0.39 is 10.0 Å². The molecular weight excluding hydrogens is 319 g/mol. The molecule has 1 aliphatic rings. The second kappa shape index (κ2) is 4.77. The molecule has 1 aliphatic heterocycles. The highest BCUT2D eigenvalue weighted by atomic mass is 35.5. The smallest absolute Gasteiger partial charge is 0.285 e. The molecule has 0 bridgehead atoms. The highest BCUT2D eigenvalue weighted by molar-refractivity contribution is 7.90. The van der Waals surface area contributed by atoms with E-state index in [1.165, 1.54) is 6.07 Å². The molecule has 2 aromatic rings. The molecule has 1 heterocycles. The fraction of sp³-hybridized carbons (Fsp3) is 0. The number of nitrogens with one attached hydrogen (secondary N) is 1. The SMILES string of the molecule is O=S1(=O)N=C(Nc2cccc(Cl)c2Cl)c2ccccc21. The van der Waals surface area contributed by atoms with Crippen molar-refractivity contribution in [1.29, 1.82) is 0 Å². The van der Waals surface area contributed by atoms with E-state index in [1.807, 2.05) is 0 Å². The van der Waals surface area contributed by atoms with E-state index in [4.69, 9.17) is 23.2 Å². The zero-order chi connectivity index (χ0) is 14.3. The summed E-state index contributed by atoms with van der Waals surface area (Å²) in [5, 5.41) is 3.62. The Morgan fingerprint density at radius 1 is 1.00 bits per heavy atom. The Bertz CT molecular complexity index is 832. The van der Waals surface area contributed by atoms with E-state index in [2.05, 4.69) is 9.71 Å². The maximum Gasteiger partial charge on any atom is 0.285 e. The predicted molar refractivity (Wildman–Crippen MR) is 80.2 cm³/mol. The Labute approximate surface area is 126 Å². The van der Waals surface area contributed by atoms with Gasteiger partial charge in [0.2, 0.25) is 0 Å². The number of fused-ring (bicyclic) bond motifs is 1. The summed E-state index contributed by atoms with van der Waals surface area (Å²) >= 11 is 12.0. The minimum atomic E-state index is -3.65. The van der Waals surface area contributed by atoms with Crippen LogP contribution in [0.2, 0.25) is 10.0 Å². The molecule has 0 saturated heterocycles. The van der Waals surface area contributed by atoms with Crippen LogP contribution in [-0.4, -0.2) is 14.3 Å². The first-order valence-corrected chi connectivity index (χ1v) is 7.84. The quantitative estimate of drug-likeness (QED) is 0.871. The summed E-state index contributed by atoms with van der Waals surface area (Å²) in [6, 6.07) is 11.7. The van der Waals surface area contributed by atoms with Gasteiger partial charge in [0.15, 0.2) is 5.84 Å². The van der Waals surface area contributed by atoms with Gasteiger partial charge in [0.05, 0.1) is 15.7 Å². The minimum Gasteiger partial charge on any atom is -0.338 e. The van der Waals surface area contributed by atoms with Crippen LogP contribution in [0.1, 0.15) is 5.56 Å². The molecule has 4 nitrogen and oxygen atoms in total. The molecule has 20 heavy (non-hydrogen) atoms. The normalized spacial score (nSPS) is 15.6. The zero-order valence-electron chi connectivity index (χ0n) is 9.97. The highest BCUT2D eigenvalue weighted by Gasteiger charge is 2.28. The summed E-state index contributed by atoms with van der Waals surface area (Å²) in [6.45, 7) is 0. The minimum absolute atomic E-state index is 0.181. The van der Waals surface area contributed by atoms with Gasteiger partial charge in [-0.3, -0.25) is 0 Å². The number of rotatable bonds is 1. The van der Waals surface area contributed by atoms with Crippen LogP contribution in [0.4, 0.5) is 5.69 Å². The Balaban J connectivity index is 2.07. The molecule has 7 heteroatoms. The van der Waals surface area contributed by atoms with Crippen molar-refractivity contribution in [2.24, 2.45) is 4.40 Å². The molecule has 1 N–H and O–H groups in total. The van der Waals surface area contributed by atoms with Crippen molar-refractivity contribution in [3.05, 3.63) is 58.1 Å². The summed E-state index contributed by atoms with van der Waals surface area (Å²) in [4.78, 5) is 0.181. The van der Waals surface area contributed by atoms with Crippen molar-refractivity contribution < 1.29 is 8.42 Å². The third-order valence-electron chi connectivity index (χ3n) is 2.84. The Kier molecular flexibility index (Phi) is 3.20. The van der Waals surface area contributed by atoms with Crippen LogP contribution >= 0.6 is 23.2 Å². The van der Waals surface area contributed by atoms with Gasteiger partial charge < -0.3 is 5.32 Å². The molecule has 0 amide bonds. The molecule has 0 aromatic heterocycles. The van der Waals surface area contributed by atoms with Gasteiger partial charge in [-0.25, -0.2) is 0 Å². The van der Waals surface area contributed by atoms with Crippen molar-refractivity contribution >= 4 is 44.7 Å². The van der Waals surface area contributed by atoms with Gasteiger partial charge >= 0.3 is 0 Å². The second-order valence-electron chi connectivity index (χ2n) is 4.14. The van der Waals surface area contributed by atoms with Crippen molar-refractivity contribution in [3.8, 4) is 0 Å². The lowest BCUT2D eigenvalue weighted by atomic mass is 10.2. The number of amidine groups is 1. The van der Waals surface area contributed by atoms with E-state index >= 15 is 0 Å². The molecule has 3 rings (SSSR count). The predicted octanol–water partition coefficient (Wildman–Crippen LogP) is 3.55. The van der Waals surface area contributed by atoms with Crippen LogP contribution in [0.5, 0.6) is 0 Å². The van der Waals surface area contributed by atoms with E-state index in [0.717, 1.165) is 0 Å². The van der Waals surface area contributed by atoms with Gasteiger partial charge in [-0.15, -0.1) is 4.40 Å². The molecule has 0 aliphatic carbocycles. The van der Waals surface area contributed by atoms with E-state index in [0.29, 0.717) is 21.3 Å². The number of anilines is 1. The van der Waals surface area contributed by atoms with Crippen LogP contribution in [0.15, 0.2) is 51.8 Å². The van der Waals surface area contributed by atoms with Gasteiger partial charge in [-0.05, 0) is 24.3 Å². The fourth-order valence-electron chi connectivity index (χ4n) is 1.92. The van der Waals surface area contributed by atoms with Crippen LogP contribution in [0.3, 0.4) is 0 Å². The van der Waals surface area contributed by atoms with Gasteiger partial charge in [-0.2, -0.15) is 8.42 Å². The van der Waals surface area contributed by atoms with Gasteiger partial charge in [-0.1, -0.05) is 41.4 Å². The number of halogens is 2. The van der Waals surface area contributed by atoms with E-state index in [-0.39, 0.29) is 10.7 Å². The molecule has 0 radical (unpaired) electrons. The number of nitrogens with zero attached hydrogens (tertiary/aromatic N) is 1. The molecule has 102 valence electrons. The van der Waals surface area contributed by atoms with Gasteiger partial charge in [0.25, 0.3) is 10.0 Å². The Hall–Kier alpha value is -1.56. The summed E-state index contributed by atoms with van der Waals surface area (Å²) in [5.41, 5.74) is 1.02. The molecular formula is C13H8Cl2N2O2S. The first kappa shape index (κ1) is 13.4. The van der Waals surface area contributed by atoms with Crippen LogP contribution < -0.4 is 5.32 Å². The van der Waals surface area contributed by atoms with E-state index in [9.17, 15) is 8.42 Å². The van der Waals surface area contributed by atoms with E-state index in [1.54, 1.807) is 36.4 Å². The molecule has 2 aromatic carbocycles. The second-order valence-corrected chi connectivity index (χ2v) is 6.50. The average molecular weight is 327 g/mol. The van der Waals surface area contributed by atoms with Crippen molar-refractivity contribution in [2.75, 3.05) is 5.32 Å². The Morgan fingerprint density at radius 3 is 2.55 bits per heavy atom. The fourth-order valence-corrected chi connectivity index (χ4v) is 3.45. The lowest BCUT2D eigenvalue weighted by molar-refractivity contribution is 0.599. The topological polar surface area (TPSA) is 58.5 Å². The first-order valence-electron chi connectivity index (χ1n) is 5.64. The van der Waals surface area contributed by atoms with Crippen LogP contribution in [0, 0.1) is 0 Å².